The van der Waals surface area contributed by atoms with Crippen LogP contribution < -0.4 is 0 Å². The number of carbonyl (C=O) groups excluding carboxylic acids is 2. The van der Waals surface area contributed by atoms with Gasteiger partial charge in [-0.25, -0.2) is 9.59 Å². The molecule has 1 rings (SSSR count). The minimum atomic E-state index is -6.94. The highest BCUT2D eigenvalue weighted by atomic mass is 19.4. The van der Waals surface area contributed by atoms with Gasteiger partial charge in [-0.3, -0.25) is 0 Å². The Morgan fingerprint density at radius 3 is 1.85 bits per heavy atom. The summed E-state index contributed by atoms with van der Waals surface area (Å²) in [4.78, 5) is 22.5. The number of alkyl halides is 10. The first-order valence-corrected chi connectivity index (χ1v) is 6.54. The van der Waals surface area contributed by atoms with Gasteiger partial charge in [-0.2, -0.15) is 43.9 Å². The molecule has 0 aliphatic carbocycles. The normalized spacial score (nSPS) is 24.4. The van der Waals surface area contributed by atoms with Crippen LogP contribution in [0.5, 0.6) is 0 Å². The third kappa shape index (κ3) is 4.11. The van der Waals surface area contributed by atoms with E-state index in [-0.39, 0.29) is 0 Å². The molecule has 27 heavy (non-hydrogen) atoms. The fraction of sp³-hybridized carbons (Fsp3) is 0.667. The van der Waals surface area contributed by atoms with E-state index in [1.807, 2.05) is 0 Å². The van der Waals surface area contributed by atoms with Gasteiger partial charge >= 0.3 is 36.3 Å². The van der Waals surface area contributed by atoms with Crippen molar-refractivity contribution < 1.29 is 67.7 Å². The molecule has 1 aliphatic heterocycles. The van der Waals surface area contributed by atoms with E-state index in [0.717, 1.165) is 0 Å². The smallest absolute Gasteiger partial charge is 0.433 e. The molecular weight excluding hydrogens is 414 g/mol. The highest BCUT2D eigenvalue weighted by molar-refractivity contribution is 5.82. The Morgan fingerprint density at radius 2 is 1.48 bits per heavy atom. The molecule has 1 fully saturated rings. The summed E-state index contributed by atoms with van der Waals surface area (Å²) >= 11 is 0. The lowest BCUT2D eigenvalue weighted by atomic mass is 9.99. The summed E-state index contributed by atoms with van der Waals surface area (Å²) in [5.41, 5.74) is -4.42. The van der Waals surface area contributed by atoms with E-state index < -0.39 is 61.1 Å². The highest BCUT2D eigenvalue weighted by Crippen LogP contribution is 2.50. The van der Waals surface area contributed by atoms with Crippen molar-refractivity contribution >= 4 is 11.9 Å². The first-order chi connectivity index (χ1) is 11.9. The SMILES string of the molecule is C=CC(=O)OC1CCC(C(=O)OC(F)(C(F)(F)F)C(F)(F)F)(C(F)(F)F)O1. The van der Waals surface area contributed by atoms with E-state index in [2.05, 4.69) is 20.8 Å². The molecule has 1 saturated heterocycles. The van der Waals surface area contributed by atoms with Crippen LogP contribution in [0.1, 0.15) is 12.8 Å². The minimum absolute atomic E-state index is 0.454. The van der Waals surface area contributed by atoms with Crippen LogP contribution in [0, 0.1) is 0 Å². The average molecular weight is 422 g/mol. The molecule has 1 heterocycles. The maximum absolute atomic E-state index is 13.4. The molecule has 2 unspecified atom stereocenters. The number of halogens is 10. The molecule has 0 spiro atoms. The molecule has 0 radical (unpaired) electrons. The Labute approximate surface area is 142 Å². The lowest BCUT2D eigenvalue weighted by Crippen LogP contribution is -2.61. The zero-order valence-electron chi connectivity index (χ0n) is 12.6. The summed E-state index contributed by atoms with van der Waals surface area (Å²) in [5.74, 6) is -11.4. The van der Waals surface area contributed by atoms with Gasteiger partial charge in [0.05, 0.1) is 0 Å². The van der Waals surface area contributed by atoms with Crippen LogP contribution in [-0.4, -0.2) is 48.2 Å². The Hall–Kier alpha value is -2.06. The van der Waals surface area contributed by atoms with Crippen molar-refractivity contribution in [3.05, 3.63) is 12.7 Å². The fourth-order valence-corrected chi connectivity index (χ4v) is 1.89. The second-order valence-electron chi connectivity index (χ2n) is 5.03. The van der Waals surface area contributed by atoms with Gasteiger partial charge in [-0.1, -0.05) is 6.58 Å². The van der Waals surface area contributed by atoms with E-state index in [0.29, 0.717) is 6.08 Å². The topological polar surface area (TPSA) is 61.8 Å². The van der Waals surface area contributed by atoms with Gasteiger partial charge < -0.3 is 14.2 Å². The number of carbonyl (C=O) groups is 2. The fourth-order valence-electron chi connectivity index (χ4n) is 1.89. The van der Waals surface area contributed by atoms with Gasteiger partial charge in [0.1, 0.15) is 0 Å². The molecule has 5 nitrogen and oxygen atoms in total. The summed E-state index contributed by atoms with van der Waals surface area (Å²) in [6.45, 7) is 2.88. The summed E-state index contributed by atoms with van der Waals surface area (Å²) < 4.78 is 138. The van der Waals surface area contributed by atoms with E-state index >= 15 is 0 Å². The van der Waals surface area contributed by atoms with E-state index in [4.69, 9.17) is 0 Å². The van der Waals surface area contributed by atoms with Crippen molar-refractivity contribution in [2.24, 2.45) is 0 Å². The standard InChI is InChI=1S/C12H8F10O5/c1-2-5(23)25-6-3-4-8(26-6,10(14,15)16)7(24)27-9(13,11(17,18)19)12(20,21)22/h2,6H,1,3-4H2. The summed E-state index contributed by atoms with van der Waals surface area (Å²) in [5, 5.41) is 0. The monoisotopic (exact) mass is 422 g/mol. The van der Waals surface area contributed by atoms with Gasteiger partial charge in [0.2, 0.25) is 6.29 Å². The zero-order valence-corrected chi connectivity index (χ0v) is 12.6. The second kappa shape index (κ2) is 6.83. The quantitative estimate of drug-likeness (QED) is 0.395. The third-order valence-electron chi connectivity index (χ3n) is 3.23. The van der Waals surface area contributed by atoms with Gasteiger partial charge in [0.15, 0.2) is 0 Å². The van der Waals surface area contributed by atoms with Crippen LogP contribution in [0.15, 0.2) is 12.7 Å². The van der Waals surface area contributed by atoms with Crippen molar-refractivity contribution in [1.82, 2.24) is 0 Å². The van der Waals surface area contributed by atoms with Gasteiger partial charge in [0, 0.05) is 18.9 Å². The maximum atomic E-state index is 13.4. The Morgan fingerprint density at radius 1 is 1.00 bits per heavy atom. The van der Waals surface area contributed by atoms with Gasteiger partial charge in [-0.05, 0) is 0 Å². The van der Waals surface area contributed by atoms with Crippen molar-refractivity contribution in [1.29, 1.82) is 0 Å². The molecule has 0 aromatic heterocycles. The molecule has 0 bridgehead atoms. The molecule has 156 valence electrons. The molecular formula is C12H8F10O5. The summed E-state index contributed by atoms with van der Waals surface area (Å²) in [6.07, 6.45) is -24.1. The van der Waals surface area contributed by atoms with Crippen molar-refractivity contribution in [2.45, 2.75) is 49.1 Å². The molecule has 0 N–H and O–H groups in total. The second-order valence-corrected chi connectivity index (χ2v) is 5.03. The summed E-state index contributed by atoms with van der Waals surface area (Å²) in [6, 6.07) is 0. The summed E-state index contributed by atoms with van der Waals surface area (Å²) in [7, 11) is 0. The van der Waals surface area contributed by atoms with Crippen LogP contribution >= 0.6 is 0 Å². The third-order valence-corrected chi connectivity index (χ3v) is 3.23. The molecule has 0 saturated carbocycles. The Bertz CT molecular complexity index is 593. The van der Waals surface area contributed by atoms with Crippen LogP contribution in [-0.2, 0) is 23.8 Å². The molecule has 15 heteroatoms. The molecule has 0 aromatic rings. The van der Waals surface area contributed by atoms with Crippen LogP contribution in [0.3, 0.4) is 0 Å². The molecule has 1 aliphatic rings. The molecule has 0 aromatic carbocycles. The Kier molecular flexibility index (Phi) is 5.82. The van der Waals surface area contributed by atoms with Crippen molar-refractivity contribution in [2.75, 3.05) is 0 Å². The number of rotatable bonds is 4. The number of hydrogen-bond acceptors (Lipinski definition) is 5. The number of esters is 2. The van der Waals surface area contributed by atoms with Gasteiger partial charge in [0.25, 0.3) is 5.60 Å². The predicted octanol–water partition coefficient (Wildman–Crippen LogP) is 3.49. The highest BCUT2D eigenvalue weighted by Gasteiger charge is 2.79. The van der Waals surface area contributed by atoms with E-state index in [9.17, 15) is 53.5 Å². The molecule has 0 amide bonds. The Balaban J connectivity index is 3.25. The van der Waals surface area contributed by atoms with Crippen LogP contribution in [0.4, 0.5) is 43.9 Å². The van der Waals surface area contributed by atoms with Gasteiger partial charge in [-0.15, -0.1) is 0 Å². The zero-order chi connectivity index (χ0) is 21.5. The lowest BCUT2D eigenvalue weighted by molar-refractivity contribution is -0.422. The average Bonchev–Trinajstić information content (AvgIpc) is 2.89. The first-order valence-electron chi connectivity index (χ1n) is 6.54. The van der Waals surface area contributed by atoms with Crippen LogP contribution in [0.25, 0.3) is 0 Å². The largest absolute Gasteiger partial charge is 0.470 e. The van der Waals surface area contributed by atoms with Crippen molar-refractivity contribution in [3.8, 4) is 0 Å². The lowest BCUT2D eigenvalue weighted by Gasteiger charge is -2.34. The molecule has 2 atom stereocenters. The number of hydrogen-bond donors (Lipinski definition) is 0. The van der Waals surface area contributed by atoms with E-state index in [1.165, 1.54) is 0 Å². The minimum Gasteiger partial charge on any atom is -0.433 e. The first kappa shape index (κ1) is 23.0. The van der Waals surface area contributed by atoms with Crippen LogP contribution in [0.2, 0.25) is 0 Å². The van der Waals surface area contributed by atoms with Crippen molar-refractivity contribution in [3.63, 3.8) is 0 Å². The maximum Gasteiger partial charge on any atom is 0.470 e. The predicted molar refractivity (Wildman–Crippen MR) is 61.2 cm³/mol. The number of ether oxygens (including phenoxy) is 3. The van der Waals surface area contributed by atoms with E-state index in [1.54, 1.807) is 0 Å².